The molecule has 1 fully saturated rings. The van der Waals surface area contributed by atoms with E-state index in [0.717, 1.165) is 42.2 Å². The van der Waals surface area contributed by atoms with Gasteiger partial charge in [-0.25, -0.2) is 0 Å². The summed E-state index contributed by atoms with van der Waals surface area (Å²) in [5.41, 5.74) is 2.16. The molecule has 0 bridgehead atoms. The standard InChI is InChI=1S/C13H13ClN2O.BrH/c14-10-1-2-11-12(9-10)15-4-3-13(11)16-5-7-17-8-6-16;/h1-4,9H,5-8H2;1H. The Bertz CT molecular complexity index is 544. The van der Waals surface area contributed by atoms with E-state index in [-0.39, 0.29) is 17.0 Å². The molecule has 0 atom stereocenters. The van der Waals surface area contributed by atoms with Crippen molar-refractivity contribution < 1.29 is 4.74 Å². The van der Waals surface area contributed by atoms with Gasteiger partial charge in [0, 0.05) is 35.4 Å². The van der Waals surface area contributed by atoms with Crippen molar-refractivity contribution in [3.8, 4) is 0 Å². The van der Waals surface area contributed by atoms with Gasteiger partial charge in [-0.2, -0.15) is 0 Å². The molecule has 5 heteroatoms. The largest absolute Gasteiger partial charge is 0.378 e. The van der Waals surface area contributed by atoms with Crippen molar-refractivity contribution in [3.05, 3.63) is 35.5 Å². The van der Waals surface area contributed by atoms with Crippen LogP contribution in [0.3, 0.4) is 0 Å². The molecule has 1 aromatic heterocycles. The first kappa shape index (κ1) is 13.6. The molecule has 0 saturated carbocycles. The van der Waals surface area contributed by atoms with Crippen LogP contribution in [0.2, 0.25) is 5.02 Å². The van der Waals surface area contributed by atoms with Crippen molar-refractivity contribution in [1.82, 2.24) is 4.98 Å². The first-order valence-corrected chi connectivity index (χ1v) is 6.09. The number of ether oxygens (including phenoxy) is 1. The predicted molar refractivity (Wildman–Crippen MR) is 80.1 cm³/mol. The molecule has 3 rings (SSSR count). The zero-order valence-electron chi connectivity index (χ0n) is 9.80. The highest BCUT2D eigenvalue weighted by Crippen LogP contribution is 2.27. The highest BCUT2D eigenvalue weighted by Gasteiger charge is 2.13. The molecule has 1 aliphatic rings. The summed E-state index contributed by atoms with van der Waals surface area (Å²) in [6, 6.07) is 7.91. The highest BCUT2D eigenvalue weighted by molar-refractivity contribution is 8.93. The van der Waals surface area contributed by atoms with Gasteiger partial charge in [-0.05, 0) is 24.3 Å². The fraction of sp³-hybridized carbons (Fsp3) is 0.308. The van der Waals surface area contributed by atoms with E-state index in [1.165, 1.54) is 5.69 Å². The maximum atomic E-state index is 5.98. The summed E-state index contributed by atoms with van der Waals surface area (Å²) in [6.07, 6.45) is 1.84. The maximum Gasteiger partial charge on any atom is 0.0737 e. The fourth-order valence-electron chi connectivity index (χ4n) is 2.19. The summed E-state index contributed by atoms with van der Waals surface area (Å²) in [6.45, 7) is 3.44. The number of anilines is 1. The SMILES string of the molecule is Br.Clc1ccc2c(N3CCOCC3)ccnc2c1. The molecule has 2 aromatic rings. The average molecular weight is 330 g/mol. The minimum Gasteiger partial charge on any atom is -0.378 e. The van der Waals surface area contributed by atoms with Gasteiger partial charge in [0.1, 0.15) is 0 Å². The van der Waals surface area contributed by atoms with Gasteiger partial charge in [0.2, 0.25) is 0 Å². The zero-order valence-corrected chi connectivity index (χ0v) is 12.3. The van der Waals surface area contributed by atoms with E-state index in [1.54, 1.807) is 0 Å². The number of aromatic nitrogens is 1. The van der Waals surface area contributed by atoms with E-state index in [9.17, 15) is 0 Å². The second kappa shape index (κ2) is 5.87. The Morgan fingerprint density at radius 1 is 1.17 bits per heavy atom. The van der Waals surface area contributed by atoms with Gasteiger partial charge in [-0.15, -0.1) is 17.0 Å². The van der Waals surface area contributed by atoms with Crippen LogP contribution in [-0.4, -0.2) is 31.3 Å². The zero-order chi connectivity index (χ0) is 11.7. The number of hydrogen-bond donors (Lipinski definition) is 0. The first-order chi connectivity index (χ1) is 8.34. The normalized spacial score (nSPS) is 15.5. The number of fused-ring (bicyclic) bond motifs is 1. The first-order valence-electron chi connectivity index (χ1n) is 5.71. The molecule has 0 unspecified atom stereocenters. The Hall–Kier alpha value is -0.840. The predicted octanol–water partition coefficient (Wildman–Crippen LogP) is 3.30. The van der Waals surface area contributed by atoms with Gasteiger partial charge in [0.25, 0.3) is 0 Å². The molecular weight excluding hydrogens is 316 g/mol. The van der Waals surface area contributed by atoms with Gasteiger partial charge in [-0.1, -0.05) is 11.6 Å². The van der Waals surface area contributed by atoms with Crippen molar-refractivity contribution >= 4 is 45.2 Å². The summed E-state index contributed by atoms with van der Waals surface area (Å²) < 4.78 is 5.37. The molecular formula is C13H14BrClN2O. The van der Waals surface area contributed by atoms with Crippen molar-refractivity contribution in [3.63, 3.8) is 0 Å². The number of rotatable bonds is 1. The highest BCUT2D eigenvalue weighted by atomic mass is 79.9. The Morgan fingerprint density at radius 3 is 2.72 bits per heavy atom. The third kappa shape index (κ3) is 2.60. The number of morpholine rings is 1. The van der Waals surface area contributed by atoms with Crippen molar-refractivity contribution in [2.45, 2.75) is 0 Å². The van der Waals surface area contributed by atoms with Crippen LogP contribution < -0.4 is 4.90 Å². The summed E-state index contributed by atoms with van der Waals surface area (Å²) >= 11 is 5.98. The lowest BCUT2D eigenvalue weighted by Crippen LogP contribution is -2.36. The van der Waals surface area contributed by atoms with Crippen LogP contribution >= 0.6 is 28.6 Å². The Labute approximate surface area is 121 Å². The maximum absolute atomic E-state index is 5.98. The van der Waals surface area contributed by atoms with E-state index in [0.29, 0.717) is 0 Å². The van der Waals surface area contributed by atoms with Crippen LogP contribution in [0.5, 0.6) is 0 Å². The lowest BCUT2D eigenvalue weighted by molar-refractivity contribution is 0.123. The van der Waals surface area contributed by atoms with Gasteiger partial charge >= 0.3 is 0 Å². The summed E-state index contributed by atoms with van der Waals surface area (Å²) in [4.78, 5) is 6.69. The average Bonchev–Trinajstić information content (AvgIpc) is 2.39. The van der Waals surface area contributed by atoms with Crippen molar-refractivity contribution in [2.75, 3.05) is 31.2 Å². The summed E-state index contributed by atoms with van der Waals surface area (Å²) in [5.74, 6) is 0. The Kier molecular flexibility index (Phi) is 4.43. The Morgan fingerprint density at radius 2 is 1.94 bits per heavy atom. The van der Waals surface area contributed by atoms with E-state index in [4.69, 9.17) is 16.3 Å². The summed E-state index contributed by atoms with van der Waals surface area (Å²) in [5, 5.41) is 1.88. The van der Waals surface area contributed by atoms with Gasteiger partial charge in [-0.3, -0.25) is 4.98 Å². The van der Waals surface area contributed by atoms with Crippen molar-refractivity contribution in [2.24, 2.45) is 0 Å². The third-order valence-electron chi connectivity index (χ3n) is 3.03. The van der Waals surface area contributed by atoms with Crippen LogP contribution in [0.1, 0.15) is 0 Å². The molecule has 18 heavy (non-hydrogen) atoms. The quantitative estimate of drug-likeness (QED) is 0.802. The minimum absolute atomic E-state index is 0. The van der Waals surface area contributed by atoms with E-state index in [1.807, 2.05) is 24.4 Å². The van der Waals surface area contributed by atoms with E-state index >= 15 is 0 Å². The number of nitrogens with zero attached hydrogens (tertiary/aromatic N) is 2. The second-order valence-corrected chi connectivity index (χ2v) is 4.53. The molecule has 0 amide bonds. The van der Waals surface area contributed by atoms with Crippen LogP contribution in [-0.2, 0) is 4.74 Å². The van der Waals surface area contributed by atoms with Crippen LogP contribution in [0, 0.1) is 0 Å². The lowest BCUT2D eigenvalue weighted by Gasteiger charge is -2.29. The monoisotopic (exact) mass is 328 g/mol. The topological polar surface area (TPSA) is 25.4 Å². The number of pyridine rings is 1. The Balaban J connectivity index is 0.00000120. The van der Waals surface area contributed by atoms with Crippen LogP contribution in [0.25, 0.3) is 10.9 Å². The van der Waals surface area contributed by atoms with Crippen LogP contribution in [0.4, 0.5) is 5.69 Å². The fourth-order valence-corrected chi connectivity index (χ4v) is 2.35. The third-order valence-corrected chi connectivity index (χ3v) is 3.27. The van der Waals surface area contributed by atoms with E-state index in [2.05, 4.69) is 16.0 Å². The molecule has 0 radical (unpaired) electrons. The number of hydrogen-bond acceptors (Lipinski definition) is 3. The van der Waals surface area contributed by atoms with Gasteiger partial charge in [0.15, 0.2) is 0 Å². The smallest absolute Gasteiger partial charge is 0.0737 e. The molecule has 0 aliphatic carbocycles. The van der Waals surface area contributed by atoms with Crippen molar-refractivity contribution in [1.29, 1.82) is 0 Å². The van der Waals surface area contributed by atoms with Crippen LogP contribution in [0.15, 0.2) is 30.5 Å². The molecule has 2 heterocycles. The number of benzene rings is 1. The molecule has 0 spiro atoms. The molecule has 3 nitrogen and oxygen atoms in total. The summed E-state index contributed by atoms with van der Waals surface area (Å²) in [7, 11) is 0. The second-order valence-electron chi connectivity index (χ2n) is 4.09. The number of halogens is 2. The lowest BCUT2D eigenvalue weighted by atomic mass is 10.1. The molecule has 96 valence electrons. The minimum atomic E-state index is 0. The molecule has 0 N–H and O–H groups in total. The molecule has 1 saturated heterocycles. The molecule has 1 aromatic carbocycles. The molecule has 1 aliphatic heterocycles. The van der Waals surface area contributed by atoms with E-state index < -0.39 is 0 Å². The van der Waals surface area contributed by atoms with Gasteiger partial charge < -0.3 is 9.64 Å². The van der Waals surface area contributed by atoms with Gasteiger partial charge in [0.05, 0.1) is 18.7 Å².